The van der Waals surface area contributed by atoms with Crippen molar-refractivity contribution >= 4 is 40.7 Å². The van der Waals surface area contributed by atoms with E-state index in [1.807, 2.05) is 36.4 Å². The van der Waals surface area contributed by atoms with Crippen LogP contribution in [0, 0.1) is 0 Å². The van der Waals surface area contributed by atoms with Crippen LogP contribution in [0.15, 0.2) is 36.4 Å². The Kier molecular flexibility index (Phi) is 5.51. The minimum atomic E-state index is -0.293. The number of nitrogens with one attached hydrogen (secondary N) is 1. The van der Waals surface area contributed by atoms with Crippen LogP contribution in [0.5, 0.6) is 5.75 Å². The molecule has 22 heavy (non-hydrogen) atoms. The molecular weight excluding hydrogens is 325 g/mol. The number of hydrogen-bond acceptors (Lipinski definition) is 4. The normalized spacial score (nSPS) is 20.5. The van der Waals surface area contributed by atoms with Crippen LogP contribution in [-0.2, 0) is 9.53 Å². The maximum absolute atomic E-state index is 11.5. The molecule has 0 spiro atoms. The fourth-order valence-electron chi connectivity index (χ4n) is 2.63. The zero-order valence-corrected chi connectivity index (χ0v) is 13.6. The first kappa shape index (κ1) is 16.9. The first-order valence-electron chi connectivity index (χ1n) is 6.84. The molecule has 1 fully saturated rings. The molecule has 0 unspecified atom stereocenters. The molecule has 2 atom stereocenters. The lowest BCUT2D eigenvalue weighted by Crippen LogP contribution is -2.31. The number of carbonyl (C=O) groups is 1. The van der Waals surface area contributed by atoms with E-state index in [1.165, 1.54) is 7.11 Å². The van der Waals surface area contributed by atoms with Gasteiger partial charge >= 0.3 is 5.97 Å². The van der Waals surface area contributed by atoms with E-state index < -0.39 is 0 Å². The molecule has 0 aliphatic carbocycles. The van der Waals surface area contributed by atoms with Crippen molar-refractivity contribution in [2.45, 2.75) is 18.6 Å². The van der Waals surface area contributed by atoms with E-state index in [1.54, 1.807) is 0 Å². The van der Waals surface area contributed by atoms with Crippen LogP contribution < -0.4 is 10.1 Å². The molecule has 118 valence electrons. The average Bonchev–Trinajstić information content (AvgIpc) is 2.98. The van der Waals surface area contributed by atoms with Gasteiger partial charge in [-0.3, -0.25) is 4.79 Å². The number of hydrogen-bond donors (Lipinski definition) is 1. The highest BCUT2D eigenvalue weighted by Gasteiger charge is 2.31. The van der Waals surface area contributed by atoms with Crippen molar-refractivity contribution in [3.63, 3.8) is 0 Å². The molecule has 1 aliphatic heterocycles. The molecular formula is C16H17Cl2NO3. The molecule has 4 nitrogen and oxygen atoms in total. The smallest absolute Gasteiger partial charge is 0.323 e. The van der Waals surface area contributed by atoms with E-state index in [0.29, 0.717) is 18.0 Å². The maximum Gasteiger partial charge on any atom is 0.323 e. The standard InChI is InChI=1S/C16H16ClNO3.ClH/c1-20-16(19)14-8-10(9-18-14)21-15-7-6-13(17)11-4-2-3-5-12(11)15;/h2-7,10,14,18H,8-9H2,1H3;1H/t10-,14-;/m0./s1. The summed E-state index contributed by atoms with van der Waals surface area (Å²) in [7, 11) is 1.39. The van der Waals surface area contributed by atoms with Crippen molar-refractivity contribution < 1.29 is 14.3 Å². The van der Waals surface area contributed by atoms with Gasteiger partial charge in [0.25, 0.3) is 0 Å². The van der Waals surface area contributed by atoms with Crippen LogP contribution in [0.3, 0.4) is 0 Å². The SMILES string of the molecule is COC(=O)[C@@H]1C[C@H](Oc2ccc(Cl)c3ccccc23)CN1.Cl. The van der Waals surface area contributed by atoms with E-state index in [-0.39, 0.29) is 30.5 Å². The number of carbonyl (C=O) groups excluding carboxylic acids is 1. The van der Waals surface area contributed by atoms with Crippen LogP contribution in [0.4, 0.5) is 0 Å². The molecule has 0 aromatic heterocycles. The third-order valence-electron chi connectivity index (χ3n) is 3.70. The summed E-state index contributed by atoms with van der Waals surface area (Å²) in [5.74, 6) is 0.536. The topological polar surface area (TPSA) is 47.6 Å². The van der Waals surface area contributed by atoms with Crippen molar-refractivity contribution in [3.05, 3.63) is 41.4 Å². The van der Waals surface area contributed by atoms with Gasteiger partial charge in [-0.25, -0.2) is 0 Å². The second-order valence-corrected chi connectivity index (χ2v) is 5.46. The van der Waals surface area contributed by atoms with Crippen LogP contribution in [0.2, 0.25) is 5.02 Å². The summed E-state index contributed by atoms with van der Waals surface area (Å²) in [4.78, 5) is 11.5. The summed E-state index contributed by atoms with van der Waals surface area (Å²) in [6.45, 7) is 0.622. The molecule has 1 heterocycles. The minimum Gasteiger partial charge on any atom is -0.488 e. The molecule has 0 amide bonds. The minimum absolute atomic E-state index is 0. The Labute approximate surface area is 140 Å². The molecule has 0 radical (unpaired) electrons. The van der Waals surface area contributed by atoms with Gasteiger partial charge in [-0.15, -0.1) is 12.4 Å². The molecule has 2 aromatic carbocycles. The van der Waals surface area contributed by atoms with Gasteiger partial charge in [0.15, 0.2) is 0 Å². The Morgan fingerprint density at radius 1 is 1.23 bits per heavy atom. The van der Waals surface area contributed by atoms with Crippen LogP contribution in [-0.4, -0.2) is 31.8 Å². The predicted molar refractivity (Wildman–Crippen MR) is 89.0 cm³/mol. The van der Waals surface area contributed by atoms with Gasteiger partial charge < -0.3 is 14.8 Å². The summed E-state index contributed by atoms with van der Waals surface area (Å²) >= 11 is 6.20. The lowest BCUT2D eigenvalue weighted by Gasteiger charge is -2.15. The van der Waals surface area contributed by atoms with Crippen LogP contribution in [0.25, 0.3) is 10.8 Å². The highest BCUT2D eigenvalue weighted by molar-refractivity contribution is 6.35. The van der Waals surface area contributed by atoms with Gasteiger partial charge in [0.1, 0.15) is 17.9 Å². The lowest BCUT2D eigenvalue weighted by molar-refractivity contribution is -0.142. The van der Waals surface area contributed by atoms with Gasteiger partial charge in [-0.2, -0.15) is 0 Å². The molecule has 0 saturated carbocycles. The number of halogens is 2. The quantitative estimate of drug-likeness (QED) is 0.871. The van der Waals surface area contributed by atoms with E-state index in [0.717, 1.165) is 16.5 Å². The molecule has 3 rings (SSSR count). The largest absolute Gasteiger partial charge is 0.488 e. The second kappa shape index (κ2) is 7.18. The van der Waals surface area contributed by atoms with E-state index in [2.05, 4.69) is 5.32 Å². The van der Waals surface area contributed by atoms with Gasteiger partial charge in [0.2, 0.25) is 0 Å². The lowest BCUT2D eigenvalue weighted by atomic mass is 10.1. The van der Waals surface area contributed by atoms with Crippen molar-refractivity contribution in [2.75, 3.05) is 13.7 Å². The highest BCUT2D eigenvalue weighted by Crippen LogP contribution is 2.32. The number of rotatable bonds is 3. The van der Waals surface area contributed by atoms with E-state index >= 15 is 0 Å². The zero-order valence-electron chi connectivity index (χ0n) is 12.0. The zero-order chi connectivity index (χ0) is 14.8. The maximum atomic E-state index is 11.5. The number of fused-ring (bicyclic) bond motifs is 1. The molecule has 1 N–H and O–H groups in total. The monoisotopic (exact) mass is 341 g/mol. The molecule has 6 heteroatoms. The Morgan fingerprint density at radius 3 is 2.68 bits per heavy atom. The number of methoxy groups -OCH3 is 1. The fourth-order valence-corrected chi connectivity index (χ4v) is 2.86. The third kappa shape index (κ3) is 3.29. The van der Waals surface area contributed by atoms with E-state index in [9.17, 15) is 4.79 Å². The number of ether oxygens (including phenoxy) is 2. The van der Waals surface area contributed by atoms with Crippen molar-refractivity contribution in [2.24, 2.45) is 0 Å². The summed E-state index contributed by atoms with van der Waals surface area (Å²) in [6.07, 6.45) is 0.544. The Balaban J connectivity index is 0.00000176. The van der Waals surface area contributed by atoms with Crippen molar-refractivity contribution in [1.82, 2.24) is 5.32 Å². The van der Waals surface area contributed by atoms with Gasteiger partial charge in [-0.05, 0) is 12.1 Å². The molecule has 1 aliphatic rings. The third-order valence-corrected chi connectivity index (χ3v) is 4.03. The molecule has 1 saturated heterocycles. The summed E-state index contributed by atoms with van der Waals surface area (Å²) < 4.78 is 10.8. The molecule has 0 bridgehead atoms. The summed E-state index contributed by atoms with van der Waals surface area (Å²) in [6, 6.07) is 11.3. The van der Waals surface area contributed by atoms with Gasteiger partial charge in [0.05, 0.1) is 7.11 Å². The van der Waals surface area contributed by atoms with Gasteiger partial charge in [-0.1, -0.05) is 35.9 Å². The van der Waals surface area contributed by atoms with Crippen LogP contribution in [0.1, 0.15) is 6.42 Å². The fraction of sp³-hybridized carbons (Fsp3) is 0.312. The van der Waals surface area contributed by atoms with Crippen molar-refractivity contribution in [1.29, 1.82) is 0 Å². The number of esters is 1. The Hall–Kier alpha value is -1.49. The first-order chi connectivity index (χ1) is 10.2. The first-order valence-corrected chi connectivity index (χ1v) is 7.22. The highest BCUT2D eigenvalue weighted by atomic mass is 35.5. The predicted octanol–water partition coefficient (Wildman–Crippen LogP) is 3.20. The van der Waals surface area contributed by atoms with Gasteiger partial charge in [0, 0.05) is 28.8 Å². The summed E-state index contributed by atoms with van der Waals surface area (Å²) in [5, 5.41) is 5.76. The van der Waals surface area contributed by atoms with Crippen molar-refractivity contribution in [3.8, 4) is 5.75 Å². The number of benzene rings is 2. The Morgan fingerprint density at radius 2 is 1.95 bits per heavy atom. The Bertz CT molecular complexity index is 677. The van der Waals surface area contributed by atoms with E-state index in [4.69, 9.17) is 21.1 Å². The summed E-state index contributed by atoms with van der Waals surface area (Å²) in [5.41, 5.74) is 0. The molecule has 2 aromatic rings. The average molecular weight is 342 g/mol. The second-order valence-electron chi connectivity index (χ2n) is 5.05. The van der Waals surface area contributed by atoms with Crippen LogP contribution >= 0.6 is 24.0 Å².